The molecule has 2 aromatic carbocycles. The Morgan fingerprint density at radius 2 is 1.31 bits per heavy atom. The highest BCUT2D eigenvalue weighted by Crippen LogP contribution is 2.44. The number of thiazole rings is 2. The Kier molecular flexibility index (Phi) is 13.3. The molecule has 59 heavy (non-hydrogen) atoms. The summed E-state index contributed by atoms with van der Waals surface area (Å²) in [6, 6.07) is 4.84. The van der Waals surface area contributed by atoms with Gasteiger partial charge in [-0.05, 0) is 88.7 Å². The maximum absolute atomic E-state index is 14.8. The van der Waals surface area contributed by atoms with E-state index in [1.807, 2.05) is 0 Å². The van der Waals surface area contributed by atoms with E-state index in [4.69, 9.17) is 23.2 Å². The van der Waals surface area contributed by atoms with Gasteiger partial charge < -0.3 is 20.8 Å². The van der Waals surface area contributed by atoms with E-state index >= 15 is 0 Å². The summed E-state index contributed by atoms with van der Waals surface area (Å²) >= 11 is 14.9. The molecular formula is C37H46Cl2F2N8O6S4. The highest BCUT2D eigenvalue weighted by Gasteiger charge is 2.50. The van der Waals surface area contributed by atoms with Gasteiger partial charge in [0.25, 0.3) is 20.0 Å². The Bertz CT molecular complexity index is 2330. The van der Waals surface area contributed by atoms with Crippen LogP contribution in [-0.4, -0.2) is 116 Å². The fourth-order valence-corrected chi connectivity index (χ4v) is 13.6. The summed E-state index contributed by atoms with van der Waals surface area (Å²) in [4.78, 5) is 11.5. The first-order valence-electron chi connectivity index (χ1n) is 19.1. The first-order valence-corrected chi connectivity index (χ1v) is 24.6. The van der Waals surface area contributed by atoms with Crippen LogP contribution in [0.3, 0.4) is 0 Å². The minimum atomic E-state index is -4.14. The van der Waals surface area contributed by atoms with Crippen molar-refractivity contribution in [3.63, 3.8) is 0 Å². The van der Waals surface area contributed by atoms with E-state index in [-0.39, 0.29) is 56.7 Å². The van der Waals surface area contributed by atoms with Crippen molar-refractivity contribution >= 4 is 87.6 Å². The van der Waals surface area contributed by atoms with Crippen molar-refractivity contribution in [2.75, 3.05) is 66.1 Å². The zero-order chi connectivity index (χ0) is 42.2. The lowest BCUT2D eigenvalue weighted by molar-refractivity contribution is 0.113. The number of hydrogen-bond acceptors (Lipinski definition) is 14. The molecule has 0 amide bonds. The maximum Gasteiger partial charge on any atom is 0.268 e. The van der Waals surface area contributed by atoms with Gasteiger partial charge in [0.2, 0.25) is 0 Å². The molecular weight excluding hydrogens is 890 g/mol. The topological polar surface area (TPSA) is 180 Å². The molecule has 5 N–H and O–H groups in total. The van der Waals surface area contributed by atoms with E-state index in [1.165, 1.54) is 19.4 Å². The normalized spacial score (nSPS) is 24.4. The summed E-state index contributed by atoms with van der Waals surface area (Å²) in [5.74, 6) is -1.76. The van der Waals surface area contributed by atoms with Gasteiger partial charge in [0.15, 0.2) is 10.3 Å². The number of aliphatic hydroxyl groups excluding tert-OH is 2. The van der Waals surface area contributed by atoms with Crippen LogP contribution < -0.4 is 19.7 Å². The molecule has 6 heterocycles. The van der Waals surface area contributed by atoms with Gasteiger partial charge in [-0.25, -0.2) is 39.9 Å². The second-order valence-electron chi connectivity index (χ2n) is 15.3. The molecule has 4 aromatic rings. The molecule has 4 aliphatic heterocycles. The summed E-state index contributed by atoms with van der Waals surface area (Å²) in [7, 11) is -6.93. The molecule has 4 fully saturated rings. The standard InChI is InChI=1S/C19H24ClFN4O3S2.C18H22ClFN4O3S2/c1-24(18-22-6-8-29-18)30(27,28)17-9-14(20)16(10-15(17)21)23-12-19-4-2-7-25(19)13(11-26)3-5-19;19-13-8-16(29(26,27)23-17-21-5-7-28-17)14(20)9-15(13)22-11-18-3-1-6-24(18)12(10-25)2-4-18/h6,8-10,13,23,26H,2-5,7,11-12H2,1H3;5,7-9,12,22,25H,1-4,6,10-11H2,(H,21,23). The molecule has 4 saturated heterocycles. The lowest BCUT2D eigenvalue weighted by atomic mass is 9.94. The Balaban J connectivity index is 0.000000179. The first-order chi connectivity index (χ1) is 28.1. The smallest absolute Gasteiger partial charge is 0.268 e. The van der Waals surface area contributed by atoms with E-state index < -0.39 is 41.5 Å². The zero-order valence-electron chi connectivity index (χ0n) is 32.1. The van der Waals surface area contributed by atoms with Crippen LogP contribution in [0.4, 0.5) is 30.4 Å². The second kappa shape index (κ2) is 17.8. The minimum Gasteiger partial charge on any atom is -0.395 e. The number of benzene rings is 2. The highest BCUT2D eigenvalue weighted by molar-refractivity contribution is 7.93. The monoisotopic (exact) mass is 934 g/mol. The van der Waals surface area contributed by atoms with Gasteiger partial charge in [-0.1, -0.05) is 23.2 Å². The third-order valence-corrected chi connectivity index (χ3v) is 17.5. The largest absolute Gasteiger partial charge is 0.395 e. The van der Waals surface area contributed by atoms with Crippen LogP contribution in [0.15, 0.2) is 57.2 Å². The number of rotatable bonds is 14. The van der Waals surface area contributed by atoms with Gasteiger partial charge in [0.1, 0.15) is 21.4 Å². The molecule has 0 bridgehead atoms. The average molecular weight is 936 g/mol. The molecule has 4 aliphatic rings. The van der Waals surface area contributed by atoms with E-state index in [9.17, 15) is 35.8 Å². The number of halogens is 4. The number of aliphatic hydroxyl groups is 2. The van der Waals surface area contributed by atoms with Crippen molar-refractivity contribution in [3.8, 4) is 0 Å². The predicted octanol–water partition coefficient (Wildman–Crippen LogP) is 6.30. The predicted molar refractivity (Wildman–Crippen MR) is 228 cm³/mol. The molecule has 2 aromatic heterocycles. The Morgan fingerprint density at radius 3 is 1.80 bits per heavy atom. The van der Waals surface area contributed by atoms with E-state index in [2.05, 4.69) is 35.1 Å². The maximum atomic E-state index is 14.8. The van der Waals surface area contributed by atoms with Crippen molar-refractivity contribution < 1.29 is 35.8 Å². The first kappa shape index (κ1) is 44.1. The number of nitrogens with one attached hydrogen (secondary N) is 3. The summed E-state index contributed by atoms with van der Waals surface area (Å²) in [6.07, 6.45) is 10.8. The fraction of sp³-hybridized carbons (Fsp3) is 0.514. The molecule has 4 unspecified atom stereocenters. The third-order valence-electron chi connectivity index (χ3n) is 12.0. The Hall–Kier alpha value is -2.92. The molecule has 0 spiro atoms. The van der Waals surface area contributed by atoms with Crippen LogP contribution in [0.2, 0.25) is 10.0 Å². The number of fused-ring (bicyclic) bond motifs is 2. The number of anilines is 4. The molecule has 4 atom stereocenters. The van der Waals surface area contributed by atoms with E-state index in [0.717, 1.165) is 116 Å². The zero-order valence-corrected chi connectivity index (χ0v) is 36.9. The number of aromatic nitrogens is 2. The fourth-order valence-electron chi connectivity index (χ4n) is 9.03. The average Bonchev–Trinajstić information content (AvgIpc) is 4.06. The van der Waals surface area contributed by atoms with Gasteiger partial charge in [-0.2, -0.15) is 0 Å². The number of sulfonamides is 2. The molecule has 8 rings (SSSR count). The van der Waals surface area contributed by atoms with Crippen molar-refractivity contribution in [1.29, 1.82) is 0 Å². The van der Waals surface area contributed by atoms with E-state index in [1.54, 1.807) is 10.8 Å². The van der Waals surface area contributed by atoms with E-state index in [0.29, 0.717) is 24.5 Å². The van der Waals surface area contributed by atoms with Crippen molar-refractivity contribution in [2.24, 2.45) is 0 Å². The highest BCUT2D eigenvalue weighted by atomic mass is 35.5. The van der Waals surface area contributed by atoms with Crippen molar-refractivity contribution in [1.82, 2.24) is 19.8 Å². The third kappa shape index (κ3) is 8.90. The molecule has 0 saturated carbocycles. The van der Waals surface area contributed by atoms with Crippen LogP contribution in [0, 0.1) is 11.6 Å². The summed E-state index contributed by atoms with van der Waals surface area (Å²) < 4.78 is 83.3. The van der Waals surface area contributed by atoms with Crippen LogP contribution in [0.1, 0.15) is 51.4 Å². The SMILES string of the molecule is CN(c1nccs1)S(=O)(=O)c1cc(Cl)c(NCC23CCCN2C(CO)CC3)cc1F.O=S(=O)(Nc1nccs1)c1cc(Cl)c(NCC23CCCN2C(CO)CC3)cc1F. The number of nitrogens with zero attached hydrogens (tertiary/aromatic N) is 5. The quantitative estimate of drug-likeness (QED) is 0.0955. The second-order valence-corrected chi connectivity index (χ2v) is 21.4. The van der Waals surface area contributed by atoms with Crippen LogP contribution >= 0.6 is 45.9 Å². The molecule has 322 valence electrons. The van der Waals surface area contributed by atoms with Crippen molar-refractivity contribution in [3.05, 3.63) is 69.1 Å². The van der Waals surface area contributed by atoms with Crippen molar-refractivity contribution in [2.45, 2.75) is 84.3 Å². The Morgan fingerprint density at radius 1 is 0.797 bits per heavy atom. The summed E-state index contributed by atoms with van der Waals surface area (Å²) in [6.45, 7) is 3.27. The molecule has 22 heteroatoms. The van der Waals surface area contributed by atoms with Gasteiger partial charge >= 0.3 is 0 Å². The van der Waals surface area contributed by atoms with Gasteiger partial charge in [0.05, 0.1) is 34.6 Å². The van der Waals surface area contributed by atoms with Gasteiger partial charge in [0, 0.05) is 66.5 Å². The molecule has 0 radical (unpaired) electrons. The molecule has 14 nitrogen and oxygen atoms in total. The van der Waals surface area contributed by atoms with Gasteiger partial charge in [-0.3, -0.25) is 14.5 Å². The Labute approximate surface area is 360 Å². The summed E-state index contributed by atoms with van der Waals surface area (Å²) in [5, 5.41) is 29.6. The lowest BCUT2D eigenvalue weighted by Gasteiger charge is -2.35. The number of hydrogen-bond donors (Lipinski definition) is 5. The summed E-state index contributed by atoms with van der Waals surface area (Å²) in [5.41, 5.74) is 0.553. The molecule has 0 aliphatic carbocycles. The van der Waals surface area contributed by atoms with Crippen LogP contribution in [-0.2, 0) is 20.0 Å². The van der Waals surface area contributed by atoms with Crippen LogP contribution in [0.25, 0.3) is 0 Å². The minimum absolute atomic E-state index is 0.0790. The lowest BCUT2D eigenvalue weighted by Crippen LogP contribution is -2.48. The van der Waals surface area contributed by atoms with Crippen LogP contribution in [0.5, 0.6) is 0 Å². The van der Waals surface area contributed by atoms with Gasteiger partial charge in [-0.15, -0.1) is 22.7 Å².